The van der Waals surface area contributed by atoms with Crippen molar-refractivity contribution in [3.05, 3.63) is 29.0 Å². The van der Waals surface area contributed by atoms with Gasteiger partial charge in [0, 0.05) is 0 Å². The summed E-state index contributed by atoms with van der Waals surface area (Å²) in [7, 11) is 0. The number of benzene rings is 1. The Hall–Kier alpha value is -1.13. The minimum Gasteiger partial charge on any atom is -0.322 e. The van der Waals surface area contributed by atoms with Crippen LogP contribution in [0.15, 0.2) is 18.2 Å². The molecular weight excluding hydrogens is 243 g/mol. The molecule has 0 aromatic heterocycles. The van der Waals surface area contributed by atoms with Gasteiger partial charge in [0.2, 0.25) is 5.91 Å². The molecule has 3 N–H and O–H groups in total. The standard InChI is InChI=1S/C12H16ClFN2O/c1-3-12(15,4-2)11(17)16-9-7-5-6-8(13)10(9)14/h5-7H,3-4,15H2,1-2H3,(H,16,17). The van der Waals surface area contributed by atoms with Crippen molar-refractivity contribution in [2.45, 2.75) is 32.2 Å². The van der Waals surface area contributed by atoms with Gasteiger partial charge in [0.1, 0.15) is 0 Å². The van der Waals surface area contributed by atoms with Gasteiger partial charge in [0.25, 0.3) is 0 Å². The van der Waals surface area contributed by atoms with Crippen molar-refractivity contribution < 1.29 is 9.18 Å². The fourth-order valence-electron chi connectivity index (χ4n) is 1.42. The van der Waals surface area contributed by atoms with Gasteiger partial charge in [-0.15, -0.1) is 0 Å². The van der Waals surface area contributed by atoms with E-state index in [9.17, 15) is 9.18 Å². The number of hydrogen-bond acceptors (Lipinski definition) is 2. The van der Waals surface area contributed by atoms with Crippen molar-refractivity contribution in [1.82, 2.24) is 0 Å². The van der Waals surface area contributed by atoms with Crippen LogP contribution in [0.3, 0.4) is 0 Å². The maximum Gasteiger partial charge on any atom is 0.244 e. The van der Waals surface area contributed by atoms with E-state index in [4.69, 9.17) is 17.3 Å². The highest BCUT2D eigenvalue weighted by molar-refractivity contribution is 6.31. The zero-order valence-electron chi connectivity index (χ0n) is 9.89. The minimum atomic E-state index is -0.977. The summed E-state index contributed by atoms with van der Waals surface area (Å²) in [5, 5.41) is 2.44. The number of carbonyl (C=O) groups is 1. The highest BCUT2D eigenvalue weighted by Crippen LogP contribution is 2.23. The molecule has 5 heteroatoms. The Morgan fingerprint density at radius 1 is 1.47 bits per heavy atom. The third-order valence-electron chi connectivity index (χ3n) is 2.91. The van der Waals surface area contributed by atoms with Crippen molar-refractivity contribution in [2.24, 2.45) is 5.73 Å². The van der Waals surface area contributed by atoms with Gasteiger partial charge in [-0.25, -0.2) is 4.39 Å². The van der Waals surface area contributed by atoms with Gasteiger partial charge in [-0.1, -0.05) is 31.5 Å². The summed E-state index contributed by atoms with van der Waals surface area (Å²) in [5.74, 6) is -1.04. The molecule has 17 heavy (non-hydrogen) atoms. The van der Waals surface area contributed by atoms with E-state index in [-0.39, 0.29) is 10.7 Å². The van der Waals surface area contributed by atoms with E-state index >= 15 is 0 Å². The van der Waals surface area contributed by atoms with Crippen LogP contribution in [0, 0.1) is 5.82 Å². The lowest BCUT2D eigenvalue weighted by Crippen LogP contribution is -2.50. The molecule has 0 bridgehead atoms. The largest absolute Gasteiger partial charge is 0.322 e. The van der Waals surface area contributed by atoms with E-state index in [0.717, 1.165) is 0 Å². The first-order valence-electron chi connectivity index (χ1n) is 5.49. The van der Waals surface area contributed by atoms with Gasteiger partial charge in [-0.05, 0) is 25.0 Å². The molecule has 0 fully saturated rings. The van der Waals surface area contributed by atoms with Crippen molar-refractivity contribution in [2.75, 3.05) is 5.32 Å². The average molecular weight is 259 g/mol. The smallest absolute Gasteiger partial charge is 0.244 e. The van der Waals surface area contributed by atoms with E-state index in [0.29, 0.717) is 12.8 Å². The number of rotatable bonds is 4. The Balaban J connectivity index is 2.92. The van der Waals surface area contributed by atoms with Gasteiger partial charge in [-0.3, -0.25) is 4.79 Å². The Morgan fingerprint density at radius 2 is 2.06 bits per heavy atom. The molecule has 0 aliphatic carbocycles. The Kier molecular flexibility index (Phi) is 4.48. The molecule has 0 aliphatic heterocycles. The molecule has 0 heterocycles. The molecule has 1 rings (SSSR count). The van der Waals surface area contributed by atoms with Crippen LogP contribution in [-0.2, 0) is 4.79 Å². The average Bonchev–Trinajstić information content (AvgIpc) is 2.33. The van der Waals surface area contributed by atoms with Gasteiger partial charge < -0.3 is 11.1 Å². The molecule has 0 radical (unpaired) electrons. The molecule has 0 unspecified atom stereocenters. The fraction of sp³-hybridized carbons (Fsp3) is 0.417. The molecule has 1 aromatic carbocycles. The number of anilines is 1. The summed E-state index contributed by atoms with van der Waals surface area (Å²) < 4.78 is 13.6. The van der Waals surface area contributed by atoms with E-state index in [1.54, 1.807) is 6.07 Å². The van der Waals surface area contributed by atoms with Gasteiger partial charge in [0.15, 0.2) is 5.82 Å². The van der Waals surface area contributed by atoms with Crippen LogP contribution in [0.5, 0.6) is 0 Å². The predicted molar refractivity (Wildman–Crippen MR) is 67.5 cm³/mol. The SMILES string of the molecule is CCC(N)(CC)C(=O)Nc1cccc(Cl)c1F. The summed E-state index contributed by atoms with van der Waals surface area (Å²) in [5.41, 5.74) is 4.99. The Morgan fingerprint density at radius 3 is 2.59 bits per heavy atom. The van der Waals surface area contributed by atoms with Crippen molar-refractivity contribution in [3.63, 3.8) is 0 Å². The number of halogens is 2. The molecule has 0 atom stereocenters. The van der Waals surface area contributed by atoms with Crippen molar-refractivity contribution in [3.8, 4) is 0 Å². The van der Waals surface area contributed by atoms with Crippen LogP contribution >= 0.6 is 11.6 Å². The second-order valence-electron chi connectivity index (χ2n) is 3.92. The van der Waals surface area contributed by atoms with Crippen LogP contribution in [0.2, 0.25) is 5.02 Å². The first-order valence-corrected chi connectivity index (χ1v) is 5.86. The van der Waals surface area contributed by atoms with Crippen molar-refractivity contribution >= 4 is 23.2 Å². The molecule has 1 aromatic rings. The summed E-state index contributed by atoms with van der Waals surface area (Å²) >= 11 is 5.62. The zero-order valence-corrected chi connectivity index (χ0v) is 10.6. The molecule has 0 saturated carbocycles. The zero-order chi connectivity index (χ0) is 13.1. The predicted octanol–water partition coefficient (Wildman–Crippen LogP) is 2.94. The number of amides is 1. The van der Waals surface area contributed by atoms with E-state index in [2.05, 4.69) is 5.32 Å². The van der Waals surface area contributed by atoms with Gasteiger partial charge in [0.05, 0.1) is 16.2 Å². The van der Waals surface area contributed by atoms with Crippen molar-refractivity contribution in [1.29, 1.82) is 0 Å². The highest BCUT2D eigenvalue weighted by Gasteiger charge is 2.30. The van der Waals surface area contributed by atoms with E-state index < -0.39 is 17.3 Å². The van der Waals surface area contributed by atoms with Gasteiger partial charge >= 0.3 is 0 Å². The number of nitrogens with one attached hydrogen (secondary N) is 1. The summed E-state index contributed by atoms with van der Waals surface area (Å²) in [6.45, 7) is 3.63. The lowest BCUT2D eigenvalue weighted by molar-refractivity contribution is -0.121. The molecule has 0 saturated heterocycles. The molecule has 1 amide bonds. The maximum atomic E-state index is 13.6. The van der Waals surface area contributed by atoms with Crippen LogP contribution in [0.1, 0.15) is 26.7 Å². The molecule has 3 nitrogen and oxygen atoms in total. The summed E-state index contributed by atoms with van der Waals surface area (Å²) in [6.07, 6.45) is 0.967. The van der Waals surface area contributed by atoms with Crippen LogP contribution in [0.25, 0.3) is 0 Å². The summed E-state index contributed by atoms with van der Waals surface area (Å²) in [6, 6.07) is 4.43. The maximum absolute atomic E-state index is 13.6. The van der Waals surface area contributed by atoms with E-state index in [1.807, 2.05) is 13.8 Å². The Labute approximate surface area is 105 Å². The normalized spacial score (nSPS) is 11.4. The minimum absolute atomic E-state index is 0.0292. The molecule has 0 spiro atoms. The topological polar surface area (TPSA) is 55.1 Å². The van der Waals surface area contributed by atoms with Gasteiger partial charge in [-0.2, -0.15) is 0 Å². The van der Waals surface area contributed by atoms with Crippen LogP contribution in [0.4, 0.5) is 10.1 Å². The van der Waals surface area contributed by atoms with Crippen LogP contribution in [-0.4, -0.2) is 11.4 Å². The highest BCUT2D eigenvalue weighted by atomic mass is 35.5. The van der Waals surface area contributed by atoms with E-state index in [1.165, 1.54) is 12.1 Å². The quantitative estimate of drug-likeness (QED) is 0.872. The lowest BCUT2D eigenvalue weighted by Gasteiger charge is -2.25. The fourth-order valence-corrected chi connectivity index (χ4v) is 1.59. The van der Waals surface area contributed by atoms with Crippen LogP contribution < -0.4 is 11.1 Å². The number of nitrogens with two attached hydrogens (primary N) is 1. The summed E-state index contributed by atoms with van der Waals surface area (Å²) in [4.78, 5) is 11.9. The third kappa shape index (κ3) is 2.96. The first kappa shape index (κ1) is 13.9. The Bertz CT molecular complexity index is 419. The second-order valence-corrected chi connectivity index (χ2v) is 4.33. The second kappa shape index (κ2) is 5.47. The first-order chi connectivity index (χ1) is 7.94. The number of hydrogen-bond donors (Lipinski definition) is 2. The molecule has 94 valence electrons. The molecular formula is C12H16ClFN2O. The third-order valence-corrected chi connectivity index (χ3v) is 3.21. The lowest BCUT2D eigenvalue weighted by atomic mass is 9.93. The monoisotopic (exact) mass is 258 g/mol. The number of carbonyl (C=O) groups excluding carboxylic acids is 1. The molecule has 0 aliphatic rings.